The second-order valence-electron chi connectivity index (χ2n) is 8.37. The largest absolute Gasteiger partial charge is 0.452 e. The average Bonchev–Trinajstić information content (AvgIpc) is 3.12. The van der Waals surface area contributed by atoms with E-state index in [1.807, 2.05) is 50.2 Å². The van der Waals surface area contributed by atoms with Gasteiger partial charge < -0.3 is 10.1 Å². The Labute approximate surface area is 213 Å². The van der Waals surface area contributed by atoms with Gasteiger partial charge >= 0.3 is 5.97 Å². The number of hydrogen-bond donors (Lipinski definition) is 1. The summed E-state index contributed by atoms with van der Waals surface area (Å²) in [5, 5.41) is 2.34. The van der Waals surface area contributed by atoms with Gasteiger partial charge in [0, 0.05) is 5.69 Å². The number of hydrogen-bond acceptors (Lipinski definition) is 6. The molecule has 0 bridgehead atoms. The molecule has 1 heterocycles. The molecule has 0 unspecified atom stereocenters. The number of thioether (sulfide) groups is 1. The number of benzene rings is 3. The molecule has 0 aliphatic carbocycles. The van der Waals surface area contributed by atoms with Crippen LogP contribution < -0.4 is 5.32 Å². The molecule has 8 heteroatoms. The van der Waals surface area contributed by atoms with Crippen LogP contribution in [-0.4, -0.2) is 34.5 Å². The van der Waals surface area contributed by atoms with Crippen molar-refractivity contribution in [3.05, 3.63) is 106 Å². The number of nitrogens with zero attached hydrogens (tertiary/aromatic N) is 1. The van der Waals surface area contributed by atoms with E-state index in [0.29, 0.717) is 16.2 Å². The first-order chi connectivity index (χ1) is 17.3. The molecule has 3 aromatic carbocycles. The van der Waals surface area contributed by atoms with E-state index in [2.05, 4.69) is 5.32 Å². The number of rotatable bonds is 7. The fourth-order valence-electron chi connectivity index (χ4n) is 3.54. The van der Waals surface area contributed by atoms with Gasteiger partial charge in [0.2, 0.25) is 0 Å². The second kappa shape index (κ2) is 11.0. The molecule has 0 saturated carbocycles. The molecule has 7 nitrogen and oxygen atoms in total. The van der Waals surface area contributed by atoms with E-state index in [-0.39, 0.29) is 23.3 Å². The third-order valence-corrected chi connectivity index (χ3v) is 6.32. The molecule has 1 aliphatic heterocycles. The molecule has 3 aromatic rings. The van der Waals surface area contributed by atoms with E-state index < -0.39 is 18.5 Å². The number of esters is 1. The third kappa shape index (κ3) is 6.28. The SMILES string of the molecule is Cc1ccc(NC(=O)COC(=O)c2ccc(/C=C3\SC(=O)N(Cc4cccc(C)c4)C3=O)cc2)cc1. The van der Waals surface area contributed by atoms with Crippen LogP contribution in [0.3, 0.4) is 0 Å². The lowest BCUT2D eigenvalue weighted by Gasteiger charge is -2.12. The maximum Gasteiger partial charge on any atom is 0.338 e. The van der Waals surface area contributed by atoms with Gasteiger partial charge in [0.05, 0.1) is 17.0 Å². The van der Waals surface area contributed by atoms with Gasteiger partial charge in [-0.05, 0) is 67.1 Å². The Bertz CT molecular complexity index is 1350. The smallest absolute Gasteiger partial charge is 0.338 e. The van der Waals surface area contributed by atoms with Crippen molar-refractivity contribution in [1.82, 2.24) is 4.90 Å². The summed E-state index contributed by atoms with van der Waals surface area (Å²) in [7, 11) is 0. The summed E-state index contributed by atoms with van der Waals surface area (Å²) < 4.78 is 5.09. The van der Waals surface area contributed by atoms with Gasteiger partial charge in [0.15, 0.2) is 6.61 Å². The van der Waals surface area contributed by atoms with Gasteiger partial charge in [0.25, 0.3) is 17.1 Å². The summed E-state index contributed by atoms with van der Waals surface area (Å²) in [6.07, 6.45) is 1.62. The van der Waals surface area contributed by atoms with E-state index in [1.54, 1.807) is 42.5 Å². The topological polar surface area (TPSA) is 92.8 Å². The van der Waals surface area contributed by atoms with Crippen molar-refractivity contribution in [2.24, 2.45) is 0 Å². The zero-order valence-electron chi connectivity index (χ0n) is 19.8. The average molecular weight is 501 g/mol. The van der Waals surface area contributed by atoms with Crippen molar-refractivity contribution in [3.8, 4) is 0 Å². The number of amides is 3. The lowest BCUT2D eigenvalue weighted by atomic mass is 10.1. The third-order valence-electron chi connectivity index (χ3n) is 5.41. The number of anilines is 1. The first kappa shape index (κ1) is 24.9. The molecule has 0 spiro atoms. The monoisotopic (exact) mass is 500 g/mol. The number of aryl methyl sites for hydroxylation is 2. The van der Waals surface area contributed by atoms with Crippen molar-refractivity contribution >= 4 is 46.5 Å². The Morgan fingerprint density at radius 1 is 0.944 bits per heavy atom. The summed E-state index contributed by atoms with van der Waals surface area (Å²) in [5.74, 6) is -1.43. The van der Waals surface area contributed by atoms with Crippen molar-refractivity contribution in [3.63, 3.8) is 0 Å². The molecule has 1 fully saturated rings. The van der Waals surface area contributed by atoms with Crippen LogP contribution in [0.1, 0.15) is 32.6 Å². The van der Waals surface area contributed by atoms with Gasteiger partial charge in [-0.1, -0.05) is 59.7 Å². The lowest BCUT2D eigenvalue weighted by molar-refractivity contribution is -0.123. The molecule has 4 rings (SSSR count). The van der Waals surface area contributed by atoms with Crippen LogP contribution in [0.2, 0.25) is 0 Å². The van der Waals surface area contributed by atoms with Crippen molar-refractivity contribution < 1.29 is 23.9 Å². The normalized spacial score (nSPS) is 14.3. The molecular formula is C28H24N2O5S. The van der Waals surface area contributed by atoms with Crippen LogP contribution in [0.5, 0.6) is 0 Å². The first-order valence-corrected chi connectivity index (χ1v) is 12.0. The standard InChI is InChI=1S/C28H24N2O5S/c1-18-6-12-23(13-7-18)29-25(31)17-35-27(33)22-10-8-20(9-11-22)15-24-26(32)30(28(34)36-24)16-21-5-3-4-19(2)14-21/h3-15H,16-17H2,1-2H3,(H,29,31)/b24-15-. The molecular weight excluding hydrogens is 476 g/mol. The number of carbonyl (C=O) groups excluding carboxylic acids is 4. The minimum Gasteiger partial charge on any atom is -0.452 e. The Kier molecular flexibility index (Phi) is 7.65. The van der Waals surface area contributed by atoms with E-state index in [1.165, 1.54) is 4.90 Å². The number of imide groups is 1. The maximum absolute atomic E-state index is 12.8. The quantitative estimate of drug-likeness (QED) is 0.348. The Morgan fingerprint density at radius 2 is 1.67 bits per heavy atom. The molecule has 0 aromatic heterocycles. The van der Waals surface area contributed by atoms with E-state index in [9.17, 15) is 19.2 Å². The Hall–Kier alpha value is -4.17. The van der Waals surface area contributed by atoms with Crippen molar-refractivity contribution in [2.45, 2.75) is 20.4 Å². The predicted octanol–water partition coefficient (Wildman–Crippen LogP) is 5.34. The molecule has 36 heavy (non-hydrogen) atoms. The highest BCUT2D eigenvalue weighted by Crippen LogP contribution is 2.33. The highest BCUT2D eigenvalue weighted by atomic mass is 32.2. The first-order valence-electron chi connectivity index (χ1n) is 11.2. The number of ether oxygens (including phenoxy) is 1. The van der Waals surface area contributed by atoms with Crippen LogP contribution in [0, 0.1) is 13.8 Å². The van der Waals surface area contributed by atoms with Crippen LogP contribution in [0.25, 0.3) is 6.08 Å². The molecule has 0 radical (unpaired) electrons. The van der Waals surface area contributed by atoms with Crippen molar-refractivity contribution in [1.29, 1.82) is 0 Å². The fourth-order valence-corrected chi connectivity index (χ4v) is 4.38. The van der Waals surface area contributed by atoms with Crippen LogP contribution in [-0.2, 0) is 20.9 Å². The van der Waals surface area contributed by atoms with Crippen LogP contribution >= 0.6 is 11.8 Å². The summed E-state index contributed by atoms with van der Waals surface area (Å²) in [6, 6.07) is 21.3. The van der Waals surface area contributed by atoms with E-state index >= 15 is 0 Å². The molecule has 1 saturated heterocycles. The maximum atomic E-state index is 12.8. The van der Waals surface area contributed by atoms with Gasteiger partial charge in [-0.3, -0.25) is 19.3 Å². The summed E-state index contributed by atoms with van der Waals surface area (Å²) in [5.41, 5.74) is 4.55. The predicted molar refractivity (Wildman–Crippen MR) is 139 cm³/mol. The highest BCUT2D eigenvalue weighted by molar-refractivity contribution is 8.18. The minimum absolute atomic E-state index is 0.214. The van der Waals surface area contributed by atoms with Gasteiger partial charge in [0.1, 0.15) is 0 Å². The summed E-state index contributed by atoms with van der Waals surface area (Å²) >= 11 is 0.886. The molecule has 0 atom stereocenters. The zero-order valence-corrected chi connectivity index (χ0v) is 20.6. The zero-order chi connectivity index (χ0) is 25.7. The highest BCUT2D eigenvalue weighted by Gasteiger charge is 2.35. The summed E-state index contributed by atoms with van der Waals surface area (Å²) in [6.45, 7) is 3.70. The lowest BCUT2D eigenvalue weighted by Crippen LogP contribution is -2.27. The molecule has 1 aliphatic rings. The molecule has 1 N–H and O–H groups in total. The Morgan fingerprint density at radius 3 is 2.36 bits per heavy atom. The van der Waals surface area contributed by atoms with Gasteiger partial charge in [-0.2, -0.15) is 0 Å². The molecule has 182 valence electrons. The van der Waals surface area contributed by atoms with Gasteiger partial charge in [-0.25, -0.2) is 4.79 Å². The number of nitrogens with one attached hydrogen (secondary N) is 1. The fraction of sp³-hybridized carbons (Fsp3) is 0.143. The van der Waals surface area contributed by atoms with E-state index in [4.69, 9.17) is 4.74 Å². The van der Waals surface area contributed by atoms with Crippen LogP contribution in [0.4, 0.5) is 10.5 Å². The van der Waals surface area contributed by atoms with Crippen LogP contribution in [0.15, 0.2) is 77.7 Å². The molecule has 3 amide bonds. The second-order valence-corrected chi connectivity index (χ2v) is 9.36. The van der Waals surface area contributed by atoms with Crippen molar-refractivity contribution in [2.75, 3.05) is 11.9 Å². The Balaban J connectivity index is 1.33. The number of carbonyl (C=O) groups is 4. The minimum atomic E-state index is -0.640. The van der Waals surface area contributed by atoms with E-state index in [0.717, 1.165) is 28.5 Å². The van der Waals surface area contributed by atoms with Gasteiger partial charge in [-0.15, -0.1) is 0 Å². The summed E-state index contributed by atoms with van der Waals surface area (Å²) in [4.78, 5) is 51.1.